The molecular formula is C21H19F3N2O3. The van der Waals surface area contributed by atoms with Crippen LogP contribution in [0.1, 0.15) is 24.1 Å². The zero-order valence-corrected chi connectivity index (χ0v) is 15.8. The molecular weight excluding hydrogens is 385 g/mol. The maximum atomic E-state index is 13.0. The van der Waals surface area contributed by atoms with Crippen molar-refractivity contribution in [3.8, 4) is 11.1 Å². The van der Waals surface area contributed by atoms with Crippen molar-refractivity contribution < 1.29 is 27.6 Å². The standard InChI is InChI=1S/C21H19F3N2O3/c1-12(25-19(28)17-11-26(2)20(29)18(17)27)13-5-3-6-14(9-13)15-7-4-8-16(10-15)21(22,23)24/h3-10,12,17H,11H2,1-2H3,(H,25,28)/t12-,17?/m1/s1. The van der Waals surface area contributed by atoms with Gasteiger partial charge in [0.2, 0.25) is 11.7 Å². The summed E-state index contributed by atoms with van der Waals surface area (Å²) in [4.78, 5) is 37.1. The van der Waals surface area contributed by atoms with Gasteiger partial charge in [-0.1, -0.05) is 30.3 Å². The zero-order chi connectivity index (χ0) is 21.3. The van der Waals surface area contributed by atoms with Gasteiger partial charge in [0.15, 0.2) is 0 Å². The number of Topliss-reactive ketones (excluding diaryl/α,β-unsaturated/α-hetero) is 1. The van der Waals surface area contributed by atoms with Crippen LogP contribution in [0.2, 0.25) is 0 Å². The molecule has 1 aliphatic heterocycles. The number of nitrogens with zero attached hydrogens (tertiary/aromatic N) is 1. The smallest absolute Gasteiger partial charge is 0.349 e. The summed E-state index contributed by atoms with van der Waals surface area (Å²) in [6.07, 6.45) is -4.44. The van der Waals surface area contributed by atoms with Gasteiger partial charge in [0.1, 0.15) is 5.92 Å². The molecule has 2 amide bonds. The molecule has 1 heterocycles. The molecule has 29 heavy (non-hydrogen) atoms. The highest BCUT2D eigenvalue weighted by Gasteiger charge is 2.41. The summed E-state index contributed by atoms with van der Waals surface area (Å²) in [5.74, 6) is -3.04. The van der Waals surface area contributed by atoms with E-state index in [4.69, 9.17) is 0 Å². The lowest BCUT2D eigenvalue weighted by atomic mass is 9.98. The topological polar surface area (TPSA) is 66.5 Å². The third kappa shape index (κ3) is 4.31. The van der Waals surface area contributed by atoms with E-state index in [1.807, 2.05) is 0 Å². The number of carbonyl (C=O) groups excluding carboxylic acids is 3. The number of hydrogen-bond donors (Lipinski definition) is 1. The molecule has 1 N–H and O–H groups in total. The Morgan fingerprint density at radius 1 is 1.10 bits per heavy atom. The molecule has 8 heteroatoms. The number of likely N-dealkylation sites (N-methyl/N-ethyl adjacent to an activating group) is 1. The number of rotatable bonds is 4. The van der Waals surface area contributed by atoms with E-state index in [0.717, 1.165) is 12.1 Å². The van der Waals surface area contributed by atoms with Gasteiger partial charge in [-0.15, -0.1) is 0 Å². The second kappa shape index (κ2) is 7.69. The minimum Gasteiger partial charge on any atom is -0.349 e. The first-order valence-corrected chi connectivity index (χ1v) is 8.95. The molecule has 5 nitrogen and oxygen atoms in total. The van der Waals surface area contributed by atoms with Crippen molar-refractivity contribution in [1.29, 1.82) is 0 Å². The minimum absolute atomic E-state index is 0.0283. The van der Waals surface area contributed by atoms with Crippen LogP contribution in [0.4, 0.5) is 13.2 Å². The third-order valence-corrected chi connectivity index (χ3v) is 4.92. The van der Waals surface area contributed by atoms with Gasteiger partial charge in [-0.25, -0.2) is 0 Å². The summed E-state index contributed by atoms with van der Waals surface area (Å²) >= 11 is 0. The van der Waals surface area contributed by atoms with Crippen LogP contribution in [0.25, 0.3) is 11.1 Å². The number of benzene rings is 2. The first-order valence-electron chi connectivity index (χ1n) is 8.95. The van der Waals surface area contributed by atoms with Gasteiger partial charge in [0.05, 0.1) is 11.6 Å². The molecule has 1 saturated heterocycles. The maximum absolute atomic E-state index is 13.0. The van der Waals surface area contributed by atoms with E-state index >= 15 is 0 Å². The van der Waals surface area contributed by atoms with Gasteiger partial charge in [-0.3, -0.25) is 14.4 Å². The summed E-state index contributed by atoms with van der Waals surface area (Å²) in [6.45, 7) is 1.73. The number of likely N-dealkylation sites (tertiary alicyclic amines) is 1. The summed E-state index contributed by atoms with van der Waals surface area (Å²) in [5.41, 5.74) is 0.897. The first kappa shape index (κ1) is 20.6. The van der Waals surface area contributed by atoms with Crippen molar-refractivity contribution in [3.63, 3.8) is 0 Å². The molecule has 2 aromatic carbocycles. The highest BCUT2D eigenvalue weighted by molar-refractivity contribution is 6.42. The Balaban J connectivity index is 1.78. The average Bonchev–Trinajstić information content (AvgIpc) is 2.95. The molecule has 3 rings (SSSR count). The Morgan fingerprint density at radius 2 is 1.72 bits per heavy atom. The number of hydrogen-bond acceptors (Lipinski definition) is 3. The molecule has 1 fully saturated rings. The van der Waals surface area contributed by atoms with Gasteiger partial charge in [-0.2, -0.15) is 13.2 Å². The quantitative estimate of drug-likeness (QED) is 0.629. The van der Waals surface area contributed by atoms with Crippen LogP contribution in [-0.4, -0.2) is 36.1 Å². The molecule has 152 valence electrons. The lowest BCUT2D eigenvalue weighted by Gasteiger charge is -2.18. The Hall–Kier alpha value is -3.16. The van der Waals surface area contributed by atoms with Crippen molar-refractivity contribution in [2.75, 3.05) is 13.6 Å². The zero-order valence-electron chi connectivity index (χ0n) is 15.8. The molecule has 0 saturated carbocycles. The van der Waals surface area contributed by atoms with E-state index in [2.05, 4.69) is 5.32 Å². The van der Waals surface area contributed by atoms with Crippen LogP contribution < -0.4 is 5.32 Å². The molecule has 0 radical (unpaired) electrons. The fourth-order valence-corrected chi connectivity index (χ4v) is 3.24. The average molecular weight is 404 g/mol. The van der Waals surface area contributed by atoms with Crippen molar-refractivity contribution >= 4 is 17.6 Å². The molecule has 1 unspecified atom stereocenters. The van der Waals surface area contributed by atoms with Crippen LogP contribution >= 0.6 is 0 Å². The lowest BCUT2D eigenvalue weighted by molar-refractivity contribution is -0.142. The van der Waals surface area contributed by atoms with Crippen LogP contribution in [0.5, 0.6) is 0 Å². The van der Waals surface area contributed by atoms with Gasteiger partial charge >= 0.3 is 6.18 Å². The SMILES string of the molecule is C[C@@H](NC(=O)C1CN(C)C(=O)C1=O)c1cccc(-c2cccc(C(F)(F)F)c2)c1. The Labute approximate surface area is 165 Å². The molecule has 1 aliphatic rings. The first-order chi connectivity index (χ1) is 13.6. The number of ketones is 1. The molecule has 0 bridgehead atoms. The van der Waals surface area contributed by atoms with Crippen LogP contribution in [0, 0.1) is 5.92 Å². The van der Waals surface area contributed by atoms with Crippen LogP contribution in [-0.2, 0) is 20.6 Å². The lowest BCUT2D eigenvalue weighted by Crippen LogP contribution is -2.37. The van der Waals surface area contributed by atoms with Gasteiger partial charge < -0.3 is 10.2 Å². The fraction of sp³-hybridized carbons (Fsp3) is 0.286. The third-order valence-electron chi connectivity index (χ3n) is 4.92. The molecule has 2 atom stereocenters. The van der Waals surface area contributed by atoms with Gasteiger partial charge in [-0.05, 0) is 41.8 Å². The number of nitrogens with one attached hydrogen (secondary N) is 1. The molecule has 0 aromatic heterocycles. The molecule has 2 aromatic rings. The predicted molar refractivity (Wildman–Crippen MR) is 99.6 cm³/mol. The molecule has 0 aliphatic carbocycles. The number of alkyl halides is 3. The van der Waals surface area contributed by atoms with Crippen LogP contribution in [0.15, 0.2) is 48.5 Å². The van der Waals surface area contributed by atoms with Crippen molar-refractivity contribution in [2.24, 2.45) is 5.92 Å². The van der Waals surface area contributed by atoms with Crippen LogP contribution in [0.3, 0.4) is 0 Å². The van der Waals surface area contributed by atoms with Crippen molar-refractivity contribution in [3.05, 3.63) is 59.7 Å². The van der Waals surface area contributed by atoms with Crippen molar-refractivity contribution in [2.45, 2.75) is 19.1 Å². The fourth-order valence-electron chi connectivity index (χ4n) is 3.24. The summed E-state index contributed by atoms with van der Waals surface area (Å²) < 4.78 is 38.9. The van der Waals surface area contributed by atoms with E-state index in [1.165, 1.54) is 18.0 Å². The largest absolute Gasteiger partial charge is 0.416 e. The highest BCUT2D eigenvalue weighted by Crippen LogP contribution is 2.32. The summed E-state index contributed by atoms with van der Waals surface area (Å²) in [5, 5.41) is 2.71. The Kier molecular flexibility index (Phi) is 5.46. The monoisotopic (exact) mass is 404 g/mol. The van der Waals surface area contributed by atoms with Crippen molar-refractivity contribution in [1.82, 2.24) is 10.2 Å². The minimum atomic E-state index is -4.44. The molecule has 0 spiro atoms. The van der Waals surface area contributed by atoms with E-state index < -0.39 is 41.3 Å². The second-order valence-corrected chi connectivity index (χ2v) is 7.04. The van der Waals surface area contributed by atoms with E-state index in [0.29, 0.717) is 16.7 Å². The van der Waals surface area contributed by atoms with Gasteiger partial charge in [0, 0.05) is 13.6 Å². The summed E-state index contributed by atoms with van der Waals surface area (Å²) in [6, 6.07) is 11.3. The van der Waals surface area contributed by atoms with Gasteiger partial charge in [0.25, 0.3) is 5.91 Å². The van der Waals surface area contributed by atoms with E-state index in [1.54, 1.807) is 37.3 Å². The number of halogens is 3. The van der Waals surface area contributed by atoms with E-state index in [-0.39, 0.29) is 6.54 Å². The van der Waals surface area contributed by atoms with E-state index in [9.17, 15) is 27.6 Å². The maximum Gasteiger partial charge on any atom is 0.416 e. The number of amides is 2. The normalized spacial score (nSPS) is 18.1. The Bertz CT molecular complexity index is 972. The summed E-state index contributed by atoms with van der Waals surface area (Å²) in [7, 11) is 1.45. The Morgan fingerprint density at radius 3 is 2.31 bits per heavy atom. The second-order valence-electron chi connectivity index (χ2n) is 7.04. The number of carbonyl (C=O) groups is 3. The highest BCUT2D eigenvalue weighted by atomic mass is 19.4. The predicted octanol–water partition coefficient (Wildman–Crippen LogP) is 3.21.